The third-order valence-electron chi connectivity index (χ3n) is 4.78. The minimum atomic E-state index is -0.341. The fourth-order valence-electron chi connectivity index (χ4n) is 3.12. The molecule has 0 spiro atoms. The largest absolute Gasteiger partial charge is 0.487 e. The molecule has 1 aliphatic heterocycles. The summed E-state index contributed by atoms with van der Waals surface area (Å²) in [4.78, 5) is 14.9. The van der Waals surface area contributed by atoms with Crippen LogP contribution in [0.15, 0.2) is 36.4 Å². The second kappa shape index (κ2) is 6.67. The number of benzene rings is 2. The fourth-order valence-corrected chi connectivity index (χ4v) is 3.12. The molecule has 2 aromatic carbocycles. The van der Waals surface area contributed by atoms with Crippen molar-refractivity contribution in [1.29, 1.82) is 0 Å². The maximum absolute atomic E-state index is 12.9. The molecule has 0 radical (unpaired) electrons. The van der Waals surface area contributed by atoms with Crippen LogP contribution in [0.1, 0.15) is 25.0 Å². The lowest BCUT2D eigenvalue weighted by Crippen LogP contribution is -2.48. The Bertz CT molecular complexity index is 804. The van der Waals surface area contributed by atoms with Crippen LogP contribution >= 0.6 is 0 Å². The highest BCUT2D eigenvalue weighted by atomic mass is 16.5. The van der Waals surface area contributed by atoms with Gasteiger partial charge in [0.15, 0.2) is 0 Å². The lowest BCUT2D eigenvalue weighted by Gasteiger charge is -2.38. The van der Waals surface area contributed by atoms with Crippen molar-refractivity contribution < 1.29 is 9.53 Å². The number of amides is 1. The van der Waals surface area contributed by atoms with E-state index in [1.807, 2.05) is 64.1 Å². The average molecular weight is 339 g/mol. The zero-order valence-corrected chi connectivity index (χ0v) is 15.2. The Kier molecular flexibility index (Phi) is 4.57. The van der Waals surface area contributed by atoms with E-state index in [4.69, 9.17) is 10.5 Å². The number of carbonyl (C=O) groups is 1. The van der Waals surface area contributed by atoms with Gasteiger partial charge in [-0.15, -0.1) is 0 Å². The molecule has 2 atom stereocenters. The van der Waals surface area contributed by atoms with Gasteiger partial charge in [0.05, 0.1) is 12.2 Å². The van der Waals surface area contributed by atoms with E-state index in [0.717, 1.165) is 28.3 Å². The average Bonchev–Trinajstić information content (AvgIpc) is 2.58. The highest BCUT2D eigenvalue weighted by molar-refractivity contribution is 5.97. The molecule has 132 valence electrons. The number of nitrogens with one attached hydrogen (secondary N) is 1. The van der Waals surface area contributed by atoms with Crippen LogP contribution in [-0.2, 0) is 4.79 Å². The van der Waals surface area contributed by atoms with E-state index in [9.17, 15) is 4.79 Å². The zero-order chi connectivity index (χ0) is 18.1. The lowest BCUT2D eigenvalue weighted by molar-refractivity contribution is -0.117. The number of rotatable bonds is 3. The summed E-state index contributed by atoms with van der Waals surface area (Å²) < 4.78 is 5.87. The number of nitrogens with two attached hydrogens (primary N) is 1. The first-order valence-corrected chi connectivity index (χ1v) is 8.56. The van der Waals surface area contributed by atoms with Gasteiger partial charge in [0.1, 0.15) is 17.9 Å². The number of hydrogen-bond acceptors (Lipinski definition) is 4. The molecule has 2 unspecified atom stereocenters. The van der Waals surface area contributed by atoms with E-state index in [1.54, 1.807) is 0 Å². The van der Waals surface area contributed by atoms with Crippen molar-refractivity contribution in [2.75, 3.05) is 22.5 Å². The number of fused-ring (bicyclic) bond motifs is 1. The molecule has 1 heterocycles. The third-order valence-corrected chi connectivity index (χ3v) is 4.78. The number of hydrogen-bond donors (Lipinski definition) is 2. The van der Waals surface area contributed by atoms with Gasteiger partial charge in [-0.1, -0.05) is 12.1 Å². The van der Waals surface area contributed by atoms with Crippen molar-refractivity contribution in [3.8, 4) is 5.75 Å². The number of nitrogen functional groups attached to an aromatic ring is 1. The maximum Gasteiger partial charge on any atom is 0.246 e. The smallest absolute Gasteiger partial charge is 0.246 e. The molecular weight excluding hydrogens is 314 g/mol. The fraction of sp³-hybridized carbons (Fsp3) is 0.350. The second-order valence-electron chi connectivity index (χ2n) is 6.72. The number of anilines is 3. The van der Waals surface area contributed by atoms with Crippen molar-refractivity contribution in [2.24, 2.45) is 0 Å². The Labute approximate surface area is 148 Å². The first kappa shape index (κ1) is 17.1. The summed E-state index contributed by atoms with van der Waals surface area (Å²) in [5.74, 6) is 0.718. The predicted molar refractivity (Wildman–Crippen MR) is 102 cm³/mol. The molecular formula is C20H25N3O2. The second-order valence-corrected chi connectivity index (χ2v) is 6.72. The molecule has 0 saturated heterocycles. The van der Waals surface area contributed by atoms with E-state index in [-0.39, 0.29) is 18.1 Å². The molecule has 5 heteroatoms. The van der Waals surface area contributed by atoms with Crippen molar-refractivity contribution >= 4 is 23.0 Å². The van der Waals surface area contributed by atoms with Gasteiger partial charge in [0.2, 0.25) is 5.91 Å². The van der Waals surface area contributed by atoms with Crippen LogP contribution in [-0.4, -0.2) is 24.6 Å². The van der Waals surface area contributed by atoms with Gasteiger partial charge in [-0.3, -0.25) is 4.79 Å². The summed E-state index contributed by atoms with van der Waals surface area (Å²) in [5.41, 5.74) is 10.5. The first-order chi connectivity index (χ1) is 11.9. The molecule has 1 aliphatic rings. The van der Waals surface area contributed by atoms with E-state index in [0.29, 0.717) is 12.2 Å². The maximum atomic E-state index is 12.9. The van der Waals surface area contributed by atoms with Crippen molar-refractivity contribution in [1.82, 2.24) is 0 Å². The minimum Gasteiger partial charge on any atom is -0.487 e. The first-order valence-electron chi connectivity index (χ1n) is 8.56. The molecule has 3 rings (SSSR count). The van der Waals surface area contributed by atoms with Gasteiger partial charge in [0, 0.05) is 11.4 Å². The molecule has 0 bridgehead atoms. The number of ether oxygens (including phenoxy) is 1. The topological polar surface area (TPSA) is 67.6 Å². The van der Waals surface area contributed by atoms with Gasteiger partial charge < -0.3 is 20.7 Å². The zero-order valence-electron chi connectivity index (χ0n) is 15.2. The predicted octanol–water partition coefficient (Wildman–Crippen LogP) is 3.50. The summed E-state index contributed by atoms with van der Waals surface area (Å²) in [6.07, 6.45) is 0.00656. The molecule has 5 nitrogen and oxygen atoms in total. The third kappa shape index (κ3) is 3.40. The quantitative estimate of drug-likeness (QED) is 0.840. The Morgan fingerprint density at radius 3 is 2.84 bits per heavy atom. The monoisotopic (exact) mass is 339 g/mol. The summed E-state index contributed by atoms with van der Waals surface area (Å²) in [6.45, 7) is 8.60. The summed E-state index contributed by atoms with van der Waals surface area (Å²) in [6, 6.07) is 11.1. The van der Waals surface area contributed by atoms with Gasteiger partial charge in [0.25, 0.3) is 0 Å². The van der Waals surface area contributed by atoms with Crippen LogP contribution in [0.25, 0.3) is 0 Å². The van der Waals surface area contributed by atoms with Gasteiger partial charge in [-0.05, 0) is 63.1 Å². The van der Waals surface area contributed by atoms with Gasteiger partial charge >= 0.3 is 0 Å². The van der Waals surface area contributed by atoms with Crippen molar-refractivity contribution in [3.63, 3.8) is 0 Å². The summed E-state index contributed by atoms with van der Waals surface area (Å²) >= 11 is 0. The Hall–Kier alpha value is -2.69. The van der Waals surface area contributed by atoms with Crippen LogP contribution in [0, 0.1) is 13.8 Å². The molecule has 25 heavy (non-hydrogen) atoms. The lowest BCUT2D eigenvalue weighted by atomic mass is 10.1. The van der Waals surface area contributed by atoms with E-state index < -0.39 is 0 Å². The van der Waals surface area contributed by atoms with Crippen molar-refractivity contribution in [3.05, 3.63) is 47.5 Å². The summed E-state index contributed by atoms with van der Waals surface area (Å²) in [5, 5.41) is 3.06. The Morgan fingerprint density at radius 1 is 1.32 bits per heavy atom. The molecule has 0 fully saturated rings. The van der Waals surface area contributed by atoms with Crippen molar-refractivity contribution in [2.45, 2.75) is 39.8 Å². The van der Waals surface area contributed by atoms with E-state index in [1.165, 1.54) is 0 Å². The van der Waals surface area contributed by atoms with Gasteiger partial charge in [-0.25, -0.2) is 0 Å². The van der Waals surface area contributed by atoms with Crippen LogP contribution in [0.3, 0.4) is 0 Å². The van der Waals surface area contributed by atoms with Crippen LogP contribution in [0.2, 0.25) is 0 Å². The molecule has 1 amide bonds. The molecule has 0 aliphatic carbocycles. The van der Waals surface area contributed by atoms with Crippen LogP contribution in [0.4, 0.5) is 17.1 Å². The Balaban J connectivity index is 1.85. The van der Waals surface area contributed by atoms with Gasteiger partial charge in [-0.2, -0.15) is 0 Å². The SMILES string of the molecule is Cc1cccc(NC(=O)C(C)N2CC(C)Oc3ccc(N)cc32)c1C. The summed E-state index contributed by atoms with van der Waals surface area (Å²) in [7, 11) is 0. The normalized spacial score (nSPS) is 17.4. The van der Waals surface area contributed by atoms with Crippen LogP contribution in [0.5, 0.6) is 5.75 Å². The molecule has 3 N–H and O–H groups in total. The molecule has 0 aromatic heterocycles. The highest BCUT2D eigenvalue weighted by Crippen LogP contribution is 2.36. The van der Waals surface area contributed by atoms with E-state index in [2.05, 4.69) is 10.2 Å². The molecule has 0 saturated carbocycles. The number of nitrogens with zero attached hydrogens (tertiary/aromatic N) is 1. The number of aryl methyl sites for hydroxylation is 1. The minimum absolute atomic E-state index is 0.00656. The highest BCUT2D eigenvalue weighted by Gasteiger charge is 2.30. The standard InChI is InChI=1S/C20H25N3O2/c1-12-6-5-7-17(14(12)3)22-20(24)15(4)23-11-13(2)25-19-9-8-16(21)10-18(19)23/h5-10,13,15H,11,21H2,1-4H3,(H,22,24). The van der Waals surface area contributed by atoms with Crippen LogP contribution < -0.4 is 20.7 Å². The van der Waals surface area contributed by atoms with E-state index >= 15 is 0 Å². The molecule has 2 aromatic rings. The Morgan fingerprint density at radius 2 is 2.08 bits per heavy atom. The number of carbonyl (C=O) groups excluding carboxylic acids is 1.